The molecule has 6 rings (SSSR count). The standard InChI is InChI=1S/C36H41N3O9S/c1-22(2)19-39(49(44,45)25-12-13-29-27(18-25)28(34(42)37-29)17-24-10-6-7-11-31(24)40)20-32(41)30(16-23-8-4-3-5-9-23)38-36(43)48-33-21-47-35-26(33)14-15-46-35/h3-13,17-18,22,26,30,32-33,35,40-41H,14-16,19-21H2,1-2H3,(H,37,42)(H,38,43)/b28-17-. The number of para-hydroxylation sites is 1. The Bertz CT molecular complexity index is 1820. The van der Waals surface area contributed by atoms with E-state index in [1.165, 1.54) is 34.6 Å². The molecule has 260 valence electrons. The lowest BCUT2D eigenvalue weighted by Gasteiger charge is -2.31. The van der Waals surface area contributed by atoms with E-state index in [4.69, 9.17) is 14.2 Å². The number of sulfonamides is 1. The highest BCUT2D eigenvalue weighted by Gasteiger charge is 2.44. The molecule has 2 fully saturated rings. The molecule has 13 heteroatoms. The van der Waals surface area contributed by atoms with E-state index >= 15 is 0 Å². The fourth-order valence-electron chi connectivity index (χ4n) is 6.42. The van der Waals surface area contributed by atoms with Crippen LogP contribution in [0.15, 0.2) is 77.7 Å². The van der Waals surface area contributed by atoms with Gasteiger partial charge in [0, 0.05) is 35.5 Å². The third-order valence-electron chi connectivity index (χ3n) is 8.92. The average Bonchev–Trinajstić information content (AvgIpc) is 3.77. The van der Waals surface area contributed by atoms with Crippen molar-refractivity contribution >= 4 is 39.4 Å². The number of benzene rings is 3. The van der Waals surface area contributed by atoms with E-state index in [-0.39, 0.29) is 54.2 Å². The molecule has 0 radical (unpaired) electrons. The summed E-state index contributed by atoms with van der Waals surface area (Å²) in [5, 5.41) is 27.5. The minimum Gasteiger partial charge on any atom is -0.507 e. The van der Waals surface area contributed by atoms with Crippen molar-refractivity contribution in [2.45, 2.75) is 56.1 Å². The van der Waals surface area contributed by atoms with Gasteiger partial charge in [0.05, 0.1) is 36.2 Å². The first kappa shape index (κ1) is 34.6. The van der Waals surface area contributed by atoms with Gasteiger partial charge < -0.3 is 35.1 Å². The Kier molecular flexibility index (Phi) is 10.4. The fourth-order valence-corrected chi connectivity index (χ4v) is 8.07. The molecule has 0 spiro atoms. The molecular weight excluding hydrogens is 650 g/mol. The number of alkyl carbamates (subject to hydrolysis) is 1. The number of carbonyl (C=O) groups excluding carboxylic acids is 2. The van der Waals surface area contributed by atoms with Crippen LogP contribution < -0.4 is 10.6 Å². The molecule has 3 heterocycles. The normalized spacial score (nSPS) is 22.2. The lowest BCUT2D eigenvalue weighted by Crippen LogP contribution is -2.51. The number of ether oxygens (including phenoxy) is 3. The summed E-state index contributed by atoms with van der Waals surface area (Å²) in [4.78, 5) is 26.0. The maximum Gasteiger partial charge on any atom is 0.407 e. The van der Waals surface area contributed by atoms with Gasteiger partial charge in [-0.2, -0.15) is 4.31 Å². The van der Waals surface area contributed by atoms with Crippen molar-refractivity contribution < 1.29 is 42.4 Å². The van der Waals surface area contributed by atoms with Gasteiger partial charge in [-0.15, -0.1) is 0 Å². The van der Waals surface area contributed by atoms with Gasteiger partial charge >= 0.3 is 6.09 Å². The molecule has 0 aliphatic carbocycles. The predicted molar refractivity (Wildman–Crippen MR) is 182 cm³/mol. The number of amides is 2. The van der Waals surface area contributed by atoms with E-state index in [1.54, 1.807) is 18.2 Å². The molecule has 0 bridgehead atoms. The van der Waals surface area contributed by atoms with E-state index in [0.717, 1.165) is 5.56 Å². The van der Waals surface area contributed by atoms with Crippen LogP contribution in [-0.4, -0.2) is 85.8 Å². The van der Waals surface area contributed by atoms with Crippen LogP contribution in [0.1, 0.15) is 37.0 Å². The summed E-state index contributed by atoms with van der Waals surface area (Å²) in [6.45, 7) is 4.23. The quantitative estimate of drug-likeness (QED) is 0.206. The molecule has 12 nitrogen and oxygen atoms in total. The van der Waals surface area contributed by atoms with Crippen LogP contribution in [0.25, 0.3) is 11.6 Å². The number of aliphatic hydroxyl groups is 1. The summed E-state index contributed by atoms with van der Waals surface area (Å²) in [5.74, 6) is -0.621. The molecule has 2 amide bonds. The first-order valence-electron chi connectivity index (χ1n) is 16.4. The number of phenols is 1. The van der Waals surface area contributed by atoms with Gasteiger partial charge in [-0.3, -0.25) is 4.79 Å². The van der Waals surface area contributed by atoms with Crippen LogP contribution in [0.2, 0.25) is 0 Å². The molecule has 2 saturated heterocycles. The number of hydrogen-bond acceptors (Lipinski definition) is 9. The summed E-state index contributed by atoms with van der Waals surface area (Å²) in [6.07, 6.45) is -0.513. The molecule has 5 unspecified atom stereocenters. The monoisotopic (exact) mass is 691 g/mol. The topological polar surface area (TPSA) is 164 Å². The maximum absolute atomic E-state index is 14.3. The van der Waals surface area contributed by atoms with Gasteiger partial charge in [0.15, 0.2) is 6.29 Å². The Labute approximate surface area is 285 Å². The third kappa shape index (κ3) is 7.81. The molecule has 0 saturated carbocycles. The highest BCUT2D eigenvalue weighted by atomic mass is 32.2. The second-order valence-electron chi connectivity index (χ2n) is 13.0. The highest BCUT2D eigenvalue weighted by Crippen LogP contribution is 2.37. The average molecular weight is 692 g/mol. The van der Waals surface area contributed by atoms with E-state index < -0.39 is 46.6 Å². The number of fused-ring (bicyclic) bond motifs is 2. The van der Waals surface area contributed by atoms with Crippen LogP contribution in [-0.2, 0) is 35.4 Å². The second kappa shape index (κ2) is 14.7. The molecule has 3 aliphatic heterocycles. The number of phenolic OH excluding ortho intramolecular Hbond substituents is 1. The maximum atomic E-state index is 14.3. The first-order valence-corrected chi connectivity index (χ1v) is 17.8. The summed E-state index contributed by atoms with van der Waals surface area (Å²) >= 11 is 0. The Balaban J connectivity index is 1.25. The SMILES string of the molecule is CC(C)CN(CC(O)C(Cc1ccccc1)NC(=O)OC1COC2OCCC12)S(=O)(=O)c1ccc2c(c1)/C(=C/c1ccccc1O)C(=O)N2. The highest BCUT2D eigenvalue weighted by molar-refractivity contribution is 7.89. The van der Waals surface area contributed by atoms with Crippen molar-refractivity contribution in [1.82, 2.24) is 9.62 Å². The van der Waals surface area contributed by atoms with E-state index in [2.05, 4.69) is 10.6 Å². The van der Waals surface area contributed by atoms with Crippen molar-refractivity contribution in [1.29, 1.82) is 0 Å². The smallest absolute Gasteiger partial charge is 0.407 e. The van der Waals surface area contributed by atoms with Gasteiger partial charge in [-0.05, 0) is 54.7 Å². The zero-order valence-electron chi connectivity index (χ0n) is 27.3. The number of aliphatic hydroxyl groups excluding tert-OH is 1. The number of aromatic hydroxyl groups is 1. The Morgan fingerprint density at radius 1 is 1.08 bits per heavy atom. The van der Waals surface area contributed by atoms with Gasteiger partial charge in [-0.25, -0.2) is 13.2 Å². The molecule has 0 aromatic heterocycles. The number of hydrogen-bond donors (Lipinski definition) is 4. The number of anilines is 1. The zero-order chi connectivity index (χ0) is 34.7. The number of carbonyl (C=O) groups is 2. The van der Waals surface area contributed by atoms with Gasteiger partial charge in [0.2, 0.25) is 10.0 Å². The van der Waals surface area contributed by atoms with E-state index in [9.17, 15) is 28.2 Å². The second-order valence-corrected chi connectivity index (χ2v) is 14.9. The van der Waals surface area contributed by atoms with Crippen molar-refractivity contribution in [3.8, 4) is 5.75 Å². The van der Waals surface area contributed by atoms with E-state index in [1.807, 2.05) is 44.2 Å². The molecular formula is C36H41N3O9S. The summed E-state index contributed by atoms with van der Waals surface area (Å²) < 4.78 is 46.5. The van der Waals surface area contributed by atoms with Gasteiger partial charge in [0.25, 0.3) is 5.91 Å². The van der Waals surface area contributed by atoms with E-state index in [0.29, 0.717) is 29.8 Å². The molecule has 5 atom stereocenters. The number of nitrogens with zero attached hydrogens (tertiary/aromatic N) is 1. The molecule has 3 aromatic rings. The molecule has 3 aromatic carbocycles. The first-order chi connectivity index (χ1) is 23.5. The minimum absolute atomic E-state index is 0.0204. The van der Waals surface area contributed by atoms with Gasteiger partial charge in [-0.1, -0.05) is 62.4 Å². The van der Waals surface area contributed by atoms with Crippen LogP contribution in [0.5, 0.6) is 5.75 Å². The minimum atomic E-state index is -4.21. The fraction of sp³-hybridized carbons (Fsp3) is 0.389. The Hall–Kier alpha value is -4.27. The van der Waals surface area contributed by atoms with Crippen molar-refractivity contribution in [3.63, 3.8) is 0 Å². The van der Waals surface area contributed by atoms with Crippen LogP contribution in [0.4, 0.5) is 10.5 Å². The zero-order valence-corrected chi connectivity index (χ0v) is 28.1. The van der Waals surface area contributed by atoms with Crippen molar-refractivity contribution in [2.24, 2.45) is 11.8 Å². The summed E-state index contributed by atoms with van der Waals surface area (Å²) in [5.41, 5.74) is 2.26. The largest absolute Gasteiger partial charge is 0.507 e. The number of nitrogens with one attached hydrogen (secondary N) is 2. The number of rotatable bonds is 12. The molecule has 49 heavy (non-hydrogen) atoms. The Morgan fingerprint density at radius 2 is 1.84 bits per heavy atom. The third-order valence-corrected chi connectivity index (χ3v) is 10.7. The summed E-state index contributed by atoms with van der Waals surface area (Å²) in [6, 6.07) is 19.3. The Morgan fingerprint density at radius 3 is 2.59 bits per heavy atom. The summed E-state index contributed by atoms with van der Waals surface area (Å²) in [7, 11) is -4.21. The van der Waals surface area contributed by atoms with Crippen molar-refractivity contribution in [2.75, 3.05) is 31.6 Å². The lowest BCUT2D eigenvalue weighted by atomic mass is 10.0. The van der Waals surface area contributed by atoms with Gasteiger partial charge in [0.1, 0.15) is 11.9 Å². The predicted octanol–water partition coefficient (Wildman–Crippen LogP) is 3.99. The molecule has 4 N–H and O–H groups in total. The van der Waals surface area contributed by atoms with Crippen molar-refractivity contribution in [3.05, 3.63) is 89.5 Å². The van der Waals surface area contributed by atoms with Crippen LogP contribution in [0.3, 0.4) is 0 Å². The van der Waals surface area contributed by atoms with Crippen LogP contribution >= 0.6 is 0 Å². The lowest BCUT2D eigenvalue weighted by molar-refractivity contribution is -0.110. The van der Waals surface area contributed by atoms with Crippen LogP contribution in [0, 0.1) is 11.8 Å². The molecule has 3 aliphatic rings.